The van der Waals surface area contributed by atoms with Crippen molar-refractivity contribution in [3.8, 4) is 0 Å². The van der Waals surface area contributed by atoms with Crippen LogP contribution in [-0.2, 0) is 11.3 Å². The fourth-order valence-corrected chi connectivity index (χ4v) is 1.77. The maximum Gasteiger partial charge on any atom is 0.123 e. The van der Waals surface area contributed by atoms with Crippen LogP contribution in [0.3, 0.4) is 0 Å². The Hall–Kier alpha value is -0.930. The number of rotatable bonds is 6. The molecule has 0 spiro atoms. The molecule has 1 aromatic rings. The summed E-state index contributed by atoms with van der Waals surface area (Å²) in [5, 5.41) is 3.30. The zero-order chi connectivity index (χ0) is 12.9. The van der Waals surface area contributed by atoms with Gasteiger partial charge in [0.15, 0.2) is 0 Å². The molecule has 0 aliphatic carbocycles. The molecule has 0 atom stereocenters. The molecule has 0 bridgehead atoms. The number of hydrogen-bond donors (Lipinski definition) is 1. The molecule has 1 N–H and O–H groups in total. The molecule has 1 aromatic carbocycles. The number of ether oxygens (including phenoxy) is 1. The molecule has 0 aromatic heterocycles. The molecule has 2 nitrogen and oxygen atoms in total. The van der Waals surface area contributed by atoms with Crippen molar-refractivity contribution < 1.29 is 9.13 Å². The van der Waals surface area contributed by atoms with Crippen LogP contribution in [0.2, 0.25) is 0 Å². The highest BCUT2D eigenvalue weighted by molar-refractivity contribution is 5.26. The summed E-state index contributed by atoms with van der Waals surface area (Å²) in [6.45, 7) is 10.2. The topological polar surface area (TPSA) is 21.3 Å². The molecule has 3 heteroatoms. The molecular weight excluding hydrogens is 217 g/mol. The molecule has 0 fully saturated rings. The summed E-state index contributed by atoms with van der Waals surface area (Å²) in [4.78, 5) is 0. The Morgan fingerprint density at radius 3 is 2.71 bits per heavy atom. The molecule has 0 radical (unpaired) electrons. The number of hydrogen-bond acceptors (Lipinski definition) is 2. The minimum absolute atomic E-state index is 0.184. The lowest BCUT2D eigenvalue weighted by Gasteiger charge is -2.25. The fraction of sp³-hybridized carbons (Fsp3) is 0.571. The quantitative estimate of drug-likeness (QED) is 0.824. The fourth-order valence-electron chi connectivity index (χ4n) is 1.77. The van der Waals surface area contributed by atoms with Gasteiger partial charge in [-0.3, -0.25) is 0 Å². The Morgan fingerprint density at radius 1 is 1.35 bits per heavy atom. The number of halogens is 1. The van der Waals surface area contributed by atoms with Crippen molar-refractivity contribution in [1.82, 2.24) is 5.32 Å². The standard InChI is InChI=1S/C14H22FNO/c1-5-17-14(3,4)10-16-9-12-8-13(15)7-6-11(12)2/h6-8,16H,5,9-10H2,1-4H3. The molecule has 0 aliphatic heterocycles. The maximum absolute atomic E-state index is 13.1. The van der Waals surface area contributed by atoms with E-state index in [-0.39, 0.29) is 11.4 Å². The lowest BCUT2D eigenvalue weighted by molar-refractivity contribution is -0.00898. The summed E-state index contributed by atoms with van der Waals surface area (Å²) < 4.78 is 18.7. The monoisotopic (exact) mass is 239 g/mol. The SMILES string of the molecule is CCOC(C)(C)CNCc1cc(F)ccc1C. The molecular formula is C14H22FNO. The third-order valence-corrected chi connectivity index (χ3v) is 2.71. The molecule has 0 saturated carbocycles. The summed E-state index contributed by atoms with van der Waals surface area (Å²) in [6.07, 6.45) is 0. The third-order valence-electron chi connectivity index (χ3n) is 2.71. The molecule has 0 heterocycles. The van der Waals surface area contributed by atoms with E-state index in [4.69, 9.17) is 4.74 Å². The first kappa shape index (κ1) is 14.1. The highest BCUT2D eigenvalue weighted by Crippen LogP contribution is 2.11. The normalized spacial score (nSPS) is 11.8. The van der Waals surface area contributed by atoms with Gasteiger partial charge in [0.05, 0.1) is 5.60 Å². The van der Waals surface area contributed by atoms with Gasteiger partial charge in [0.1, 0.15) is 5.82 Å². The molecule has 0 amide bonds. The maximum atomic E-state index is 13.1. The molecule has 1 rings (SSSR count). The van der Waals surface area contributed by atoms with Crippen LogP contribution < -0.4 is 5.32 Å². The van der Waals surface area contributed by atoms with E-state index in [2.05, 4.69) is 5.32 Å². The Morgan fingerprint density at radius 2 is 2.06 bits per heavy atom. The molecule has 0 unspecified atom stereocenters. The summed E-state index contributed by atoms with van der Waals surface area (Å²) in [7, 11) is 0. The first-order valence-corrected chi connectivity index (χ1v) is 6.04. The molecule has 96 valence electrons. The predicted octanol–water partition coefficient (Wildman–Crippen LogP) is 3.04. The average Bonchev–Trinajstić information content (AvgIpc) is 2.23. The van der Waals surface area contributed by atoms with Gasteiger partial charge in [-0.05, 0) is 51.0 Å². The van der Waals surface area contributed by atoms with E-state index in [1.165, 1.54) is 6.07 Å². The van der Waals surface area contributed by atoms with Gasteiger partial charge in [-0.15, -0.1) is 0 Å². The van der Waals surface area contributed by atoms with Crippen LogP contribution in [0.15, 0.2) is 18.2 Å². The van der Waals surface area contributed by atoms with E-state index in [1.54, 1.807) is 12.1 Å². The first-order chi connectivity index (χ1) is 7.94. The second-order valence-corrected chi connectivity index (χ2v) is 4.87. The van der Waals surface area contributed by atoms with Gasteiger partial charge in [-0.2, -0.15) is 0 Å². The molecule has 0 aliphatic rings. The Balaban J connectivity index is 2.48. The van der Waals surface area contributed by atoms with Crippen LogP contribution in [0.5, 0.6) is 0 Å². The van der Waals surface area contributed by atoms with Gasteiger partial charge in [-0.1, -0.05) is 6.07 Å². The van der Waals surface area contributed by atoms with Gasteiger partial charge < -0.3 is 10.1 Å². The first-order valence-electron chi connectivity index (χ1n) is 6.04. The van der Waals surface area contributed by atoms with Gasteiger partial charge in [0.2, 0.25) is 0 Å². The minimum Gasteiger partial charge on any atom is -0.375 e. The number of nitrogens with one attached hydrogen (secondary N) is 1. The summed E-state index contributed by atoms with van der Waals surface area (Å²) in [5.41, 5.74) is 1.92. The van der Waals surface area contributed by atoms with E-state index in [0.717, 1.165) is 17.7 Å². The Labute approximate surface area is 103 Å². The number of aryl methyl sites for hydroxylation is 1. The zero-order valence-electron chi connectivity index (χ0n) is 11.1. The van der Waals surface area contributed by atoms with Gasteiger partial charge >= 0.3 is 0 Å². The summed E-state index contributed by atoms with van der Waals surface area (Å²) >= 11 is 0. The van der Waals surface area contributed by atoms with Crippen molar-refractivity contribution in [3.63, 3.8) is 0 Å². The van der Waals surface area contributed by atoms with E-state index in [9.17, 15) is 4.39 Å². The Kier molecular flexibility index (Phi) is 5.09. The van der Waals surface area contributed by atoms with Crippen LogP contribution >= 0.6 is 0 Å². The van der Waals surface area contributed by atoms with E-state index < -0.39 is 0 Å². The van der Waals surface area contributed by atoms with Gasteiger partial charge in [0.25, 0.3) is 0 Å². The number of benzene rings is 1. The highest BCUT2D eigenvalue weighted by atomic mass is 19.1. The van der Waals surface area contributed by atoms with Crippen molar-refractivity contribution in [2.75, 3.05) is 13.2 Å². The third kappa shape index (κ3) is 4.84. The summed E-state index contributed by atoms with van der Waals surface area (Å²) in [6, 6.07) is 4.87. The van der Waals surface area contributed by atoms with Gasteiger partial charge in [0, 0.05) is 19.7 Å². The minimum atomic E-state index is -0.185. The van der Waals surface area contributed by atoms with Crippen molar-refractivity contribution in [2.45, 2.75) is 39.8 Å². The average molecular weight is 239 g/mol. The van der Waals surface area contributed by atoms with Crippen molar-refractivity contribution >= 4 is 0 Å². The second kappa shape index (κ2) is 6.12. The van der Waals surface area contributed by atoms with Crippen LogP contribution in [-0.4, -0.2) is 18.8 Å². The molecule has 0 saturated heterocycles. The predicted molar refractivity (Wildman–Crippen MR) is 68.5 cm³/mol. The molecule has 17 heavy (non-hydrogen) atoms. The van der Waals surface area contributed by atoms with Crippen molar-refractivity contribution in [3.05, 3.63) is 35.1 Å². The van der Waals surface area contributed by atoms with Crippen LogP contribution in [0.1, 0.15) is 31.9 Å². The largest absolute Gasteiger partial charge is 0.375 e. The lowest BCUT2D eigenvalue weighted by Crippen LogP contribution is -2.37. The van der Waals surface area contributed by atoms with Gasteiger partial charge in [-0.25, -0.2) is 4.39 Å². The van der Waals surface area contributed by atoms with Crippen molar-refractivity contribution in [1.29, 1.82) is 0 Å². The van der Waals surface area contributed by atoms with Crippen molar-refractivity contribution in [2.24, 2.45) is 0 Å². The van der Waals surface area contributed by atoms with Crippen LogP contribution in [0, 0.1) is 12.7 Å². The Bertz CT molecular complexity index is 363. The summed E-state index contributed by atoms with van der Waals surface area (Å²) in [5.74, 6) is -0.184. The van der Waals surface area contributed by atoms with Crippen LogP contribution in [0.4, 0.5) is 4.39 Å². The second-order valence-electron chi connectivity index (χ2n) is 4.87. The van der Waals surface area contributed by atoms with E-state index >= 15 is 0 Å². The smallest absolute Gasteiger partial charge is 0.123 e. The highest BCUT2D eigenvalue weighted by Gasteiger charge is 2.16. The van der Waals surface area contributed by atoms with E-state index in [0.29, 0.717) is 13.2 Å². The van der Waals surface area contributed by atoms with E-state index in [1.807, 2.05) is 27.7 Å². The van der Waals surface area contributed by atoms with Crippen LogP contribution in [0.25, 0.3) is 0 Å². The zero-order valence-corrected chi connectivity index (χ0v) is 11.1. The lowest BCUT2D eigenvalue weighted by atomic mass is 10.1.